The number of carbonyl (C=O) groups is 1. The van der Waals surface area contributed by atoms with Crippen molar-refractivity contribution in [2.24, 2.45) is 0 Å². The first-order valence-electron chi connectivity index (χ1n) is 7.47. The molecule has 10 heteroatoms. The number of non-ortho nitro benzene ring substituents is 1. The van der Waals surface area contributed by atoms with Gasteiger partial charge in [-0.15, -0.1) is 0 Å². The lowest BCUT2D eigenvalue weighted by Gasteiger charge is -2.17. The molecule has 8 nitrogen and oxygen atoms in total. The predicted molar refractivity (Wildman–Crippen MR) is 96.7 cm³/mol. The van der Waals surface area contributed by atoms with Crippen LogP contribution in [0.1, 0.15) is 10.4 Å². The molecule has 1 N–H and O–H groups in total. The Hall–Kier alpha value is -2.91. The second-order valence-electron chi connectivity index (χ2n) is 5.36. The molecule has 1 aliphatic rings. The Labute approximate surface area is 155 Å². The average Bonchev–Trinajstić information content (AvgIpc) is 3.00. The number of halogens is 1. The van der Waals surface area contributed by atoms with Crippen LogP contribution in [0.2, 0.25) is 5.02 Å². The number of rotatable bonds is 3. The van der Waals surface area contributed by atoms with Crippen molar-refractivity contribution in [3.05, 3.63) is 51.0 Å². The molecule has 0 saturated carbocycles. The average molecular weight is 392 g/mol. The molecule has 132 valence electrons. The smallest absolute Gasteiger partial charge is 0.270 e. The number of nitrogens with one attached hydrogen (secondary N) is 1. The highest BCUT2D eigenvalue weighted by Gasteiger charge is 2.18. The predicted octanol–water partition coefficient (Wildman–Crippen LogP) is 3.88. The minimum atomic E-state index is -0.576. The van der Waals surface area contributed by atoms with Gasteiger partial charge in [-0.25, -0.2) is 4.98 Å². The zero-order chi connectivity index (χ0) is 18.3. The maximum Gasteiger partial charge on any atom is 0.270 e. The van der Waals surface area contributed by atoms with Gasteiger partial charge in [-0.2, -0.15) is 0 Å². The van der Waals surface area contributed by atoms with Crippen LogP contribution in [0.15, 0.2) is 30.3 Å². The summed E-state index contributed by atoms with van der Waals surface area (Å²) < 4.78 is 11.9. The lowest BCUT2D eigenvalue weighted by Crippen LogP contribution is -2.15. The van der Waals surface area contributed by atoms with Crippen LogP contribution in [0.25, 0.3) is 10.2 Å². The first-order valence-corrected chi connectivity index (χ1v) is 8.66. The normalized spacial score (nSPS) is 12.8. The third-order valence-electron chi connectivity index (χ3n) is 3.68. The summed E-state index contributed by atoms with van der Waals surface area (Å²) in [7, 11) is 0. The molecule has 0 aliphatic carbocycles. The lowest BCUT2D eigenvalue weighted by atomic mass is 10.2. The van der Waals surface area contributed by atoms with E-state index in [1.807, 2.05) is 6.07 Å². The molecule has 3 aromatic rings. The number of hydrogen-bond acceptors (Lipinski definition) is 7. The number of amides is 1. The van der Waals surface area contributed by atoms with Crippen molar-refractivity contribution < 1.29 is 19.2 Å². The second-order valence-corrected chi connectivity index (χ2v) is 6.80. The maximum atomic E-state index is 12.4. The number of nitro groups is 1. The number of carbonyl (C=O) groups excluding carboxylic acids is 1. The first kappa shape index (κ1) is 16.6. The molecule has 0 atom stereocenters. The summed E-state index contributed by atoms with van der Waals surface area (Å²) in [6.45, 7) is 0.963. The molecule has 0 unspecified atom stereocenters. The van der Waals surface area contributed by atoms with Gasteiger partial charge in [0.2, 0.25) is 0 Å². The molecule has 0 radical (unpaired) electrons. The van der Waals surface area contributed by atoms with Crippen molar-refractivity contribution >= 4 is 49.9 Å². The van der Waals surface area contributed by atoms with Gasteiger partial charge in [-0.1, -0.05) is 22.9 Å². The van der Waals surface area contributed by atoms with Crippen molar-refractivity contribution in [2.45, 2.75) is 0 Å². The number of nitrogens with zero attached hydrogens (tertiary/aromatic N) is 2. The molecule has 1 aromatic heterocycles. The van der Waals surface area contributed by atoms with Crippen LogP contribution >= 0.6 is 22.9 Å². The van der Waals surface area contributed by atoms with E-state index in [9.17, 15) is 14.9 Å². The Morgan fingerprint density at radius 1 is 1.23 bits per heavy atom. The van der Waals surface area contributed by atoms with E-state index in [2.05, 4.69) is 10.3 Å². The van der Waals surface area contributed by atoms with Gasteiger partial charge in [0.1, 0.15) is 13.2 Å². The number of ether oxygens (including phenoxy) is 2. The summed E-state index contributed by atoms with van der Waals surface area (Å²) in [5.41, 5.74) is 0.615. The summed E-state index contributed by atoms with van der Waals surface area (Å²) in [6, 6.07) is 7.24. The quantitative estimate of drug-likeness (QED) is 0.536. The van der Waals surface area contributed by atoms with Gasteiger partial charge in [0.15, 0.2) is 16.6 Å². The fourth-order valence-corrected chi connectivity index (χ4v) is 3.62. The highest BCUT2D eigenvalue weighted by molar-refractivity contribution is 7.22. The fourth-order valence-electron chi connectivity index (χ4n) is 2.48. The largest absolute Gasteiger partial charge is 0.486 e. The zero-order valence-corrected chi connectivity index (χ0v) is 14.6. The third kappa shape index (κ3) is 3.02. The van der Waals surface area contributed by atoms with Crippen LogP contribution in [-0.4, -0.2) is 29.0 Å². The Balaban J connectivity index is 1.60. The topological polar surface area (TPSA) is 104 Å². The number of nitro benzene ring substituents is 1. The van der Waals surface area contributed by atoms with E-state index in [-0.39, 0.29) is 16.3 Å². The van der Waals surface area contributed by atoms with Gasteiger partial charge < -0.3 is 9.47 Å². The van der Waals surface area contributed by atoms with Crippen LogP contribution < -0.4 is 14.8 Å². The van der Waals surface area contributed by atoms with Gasteiger partial charge in [0, 0.05) is 24.3 Å². The number of fused-ring (bicyclic) bond motifs is 2. The van der Waals surface area contributed by atoms with Crippen molar-refractivity contribution in [1.82, 2.24) is 4.98 Å². The van der Waals surface area contributed by atoms with E-state index < -0.39 is 10.8 Å². The zero-order valence-electron chi connectivity index (χ0n) is 13.0. The molecule has 2 heterocycles. The minimum absolute atomic E-state index is 0.00456. The summed E-state index contributed by atoms with van der Waals surface area (Å²) in [5.74, 6) is 0.759. The maximum absolute atomic E-state index is 12.4. The summed E-state index contributed by atoms with van der Waals surface area (Å²) in [5, 5.41) is 13.8. The van der Waals surface area contributed by atoms with Gasteiger partial charge >= 0.3 is 0 Å². The van der Waals surface area contributed by atoms with E-state index in [1.54, 1.807) is 6.07 Å². The molecule has 1 amide bonds. The van der Waals surface area contributed by atoms with E-state index in [4.69, 9.17) is 21.1 Å². The molecule has 0 saturated heterocycles. The van der Waals surface area contributed by atoms with Crippen molar-refractivity contribution in [3.63, 3.8) is 0 Å². The third-order valence-corrected chi connectivity index (χ3v) is 4.93. The molecular weight excluding hydrogens is 382 g/mol. The van der Waals surface area contributed by atoms with Crippen LogP contribution in [-0.2, 0) is 0 Å². The Bertz CT molecular complexity index is 1010. The monoisotopic (exact) mass is 391 g/mol. The summed E-state index contributed by atoms with van der Waals surface area (Å²) in [6.07, 6.45) is 0. The number of anilines is 1. The summed E-state index contributed by atoms with van der Waals surface area (Å²) >= 11 is 7.26. The van der Waals surface area contributed by atoms with Crippen LogP contribution in [0, 0.1) is 10.1 Å². The molecule has 4 rings (SSSR count). The molecule has 0 fully saturated rings. The number of benzene rings is 2. The van der Waals surface area contributed by atoms with Gasteiger partial charge in [0.05, 0.1) is 25.7 Å². The Morgan fingerprint density at radius 3 is 2.65 bits per heavy atom. The Morgan fingerprint density at radius 2 is 1.96 bits per heavy atom. The van der Waals surface area contributed by atoms with E-state index in [0.717, 1.165) is 10.8 Å². The highest BCUT2D eigenvalue weighted by Crippen LogP contribution is 2.38. The van der Waals surface area contributed by atoms with E-state index >= 15 is 0 Å². The van der Waals surface area contributed by atoms with Crippen LogP contribution in [0.5, 0.6) is 11.5 Å². The van der Waals surface area contributed by atoms with Crippen molar-refractivity contribution in [2.75, 3.05) is 18.5 Å². The lowest BCUT2D eigenvalue weighted by molar-refractivity contribution is -0.384. The fraction of sp³-hybridized carbons (Fsp3) is 0.125. The van der Waals surface area contributed by atoms with Gasteiger partial charge in [0.25, 0.3) is 11.6 Å². The molecule has 0 bridgehead atoms. The van der Waals surface area contributed by atoms with Crippen LogP contribution in [0.3, 0.4) is 0 Å². The minimum Gasteiger partial charge on any atom is -0.486 e. The van der Waals surface area contributed by atoms with Gasteiger partial charge in [-0.3, -0.25) is 20.2 Å². The summed E-state index contributed by atoms with van der Waals surface area (Å²) in [4.78, 5) is 26.9. The molecule has 26 heavy (non-hydrogen) atoms. The Kier molecular flexibility index (Phi) is 4.09. The molecule has 1 aliphatic heterocycles. The number of thiazole rings is 1. The molecule has 0 spiro atoms. The standard InChI is InChI=1S/C16H10ClN3O5S/c17-10-5-8(20(22)23)1-2-9(10)15(21)19-16-18-11-6-12-13(7-14(11)26-16)25-4-3-24-12/h1-2,5-7H,3-4H2,(H,18,19,21). The van der Waals surface area contributed by atoms with E-state index in [0.29, 0.717) is 35.4 Å². The number of aromatic nitrogens is 1. The number of hydrogen-bond donors (Lipinski definition) is 1. The van der Waals surface area contributed by atoms with Crippen LogP contribution in [0.4, 0.5) is 10.8 Å². The second kappa shape index (κ2) is 6.43. The molecule has 2 aromatic carbocycles. The SMILES string of the molecule is O=C(Nc1nc2cc3c(cc2s1)OCCO3)c1ccc([N+](=O)[O-])cc1Cl. The first-order chi connectivity index (χ1) is 12.5. The van der Waals surface area contributed by atoms with Crippen molar-refractivity contribution in [1.29, 1.82) is 0 Å². The van der Waals surface area contributed by atoms with E-state index in [1.165, 1.54) is 23.5 Å². The molecular formula is C16H10ClN3O5S. The highest BCUT2D eigenvalue weighted by atomic mass is 35.5. The van der Waals surface area contributed by atoms with Crippen molar-refractivity contribution in [3.8, 4) is 11.5 Å². The van der Waals surface area contributed by atoms with Gasteiger partial charge in [-0.05, 0) is 6.07 Å².